The third-order valence-corrected chi connectivity index (χ3v) is 4.77. The summed E-state index contributed by atoms with van der Waals surface area (Å²) in [5.41, 5.74) is 1.44. The molecule has 3 rings (SSSR count). The Morgan fingerprint density at radius 3 is 1.89 bits per heavy atom. The molecule has 0 radical (unpaired) electrons. The Balaban J connectivity index is 1.93. The van der Waals surface area contributed by atoms with Crippen LogP contribution in [0.4, 0.5) is 5.69 Å². The van der Waals surface area contributed by atoms with Gasteiger partial charge in [0.05, 0.1) is 19.9 Å². The van der Waals surface area contributed by atoms with Crippen LogP contribution in [0.5, 0.6) is 23.0 Å². The summed E-state index contributed by atoms with van der Waals surface area (Å²) in [5.74, 6) is -0.524. The van der Waals surface area contributed by atoms with Crippen molar-refractivity contribution in [1.29, 1.82) is 0 Å². The molecule has 0 amide bonds. The number of azo groups is 1. The summed E-state index contributed by atoms with van der Waals surface area (Å²) in [6.45, 7) is 0. The van der Waals surface area contributed by atoms with Gasteiger partial charge in [0.2, 0.25) is 5.78 Å². The van der Waals surface area contributed by atoms with E-state index in [4.69, 9.17) is 9.47 Å². The monoisotopic (exact) mass is 472 g/mol. The first kappa shape index (κ1) is 24.8. The molecule has 0 unspecified atom stereocenters. The fraction of sp³-hybridized carbons (Fsp3) is 0.0741. The van der Waals surface area contributed by atoms with Crippen LogP contribution in [-0.4, -0.2) is 35.3 Å². The molecule has 0 atom stereocenters. The highest BCUT2D eigenvalue weighted by Gasteiger charge is 2.12. The molecule has 0 aliphatic carbocycles. The number of benzene rings is 3. The van der Waals surface area contributed by atoms with Gasteiger partial charge in [0.15, 0.2) is 28.7 Å². The second-order valence-corrected chi connectivity index (χ2v) is 7.16. The maximum Gasteiger partial charge on any atom is 0.209 e. The number of phenols is 2. The van der Waals surface area contributed by atoms with Crippen LogP contribution in [0.1, 0.15) is 11.1 Å². The van der Waals surface area contributed by atoms with E-state index in [0.717, 1.165) is 0 Å². The third kappa shape index (κ3) is 6.82. The van der Waals surface area contributed by atoms with Gasteiger partial charge in [-0.15, -0.1) is 5.11 Å². The SMILES string of the molecule is COc1cc(/C=C/C(=O)C(N=Nc2ccccc2)=C(O)/C=C/c2ccc(O)c(OC)c2)ccc1O. The molecule has 3 aromatic rings. The molecule has 0 saturated heterocycles. The van der Waals surface area contributed by atoms with E-state index in [1.807, 2.05) is 6.07 Å². The van der Waals surface area contributed by atoms with Crippen molar-refractivity contribution in [2.45, 2.75) is 0 Å². The number of phenolic OH excluding ortho intramolecular Hbond substituents is 2. The maximum atomic E-state index is 12.9. The van der Waals surface area contributed by atoms with Crippen molar-refractivity contribution in [3.05, 3.63) is 101 Å². The van der Waals surface area contributed by atoms with Crippen molar-refractivity contribution in [3.8, 4) is 23.0 Å². The highest BCUT2D eigenvalue weighted by atomic mass is 16.5. The Morgan fingerprint density at radius 1 is 0.800 bits per heavy atom. The van der Waals surface area contributed by atoms with Crippen LogP contribution in [0, 0.1) is 0 Å². The minimum atomic E-state index is -0.595. The van der Waals surface area contributed by atoms with Crippen LogP contribution in [0.2, 0.25) is 0 Å². The second kappa shape index (κ2) is 11.9. The average Bonchev–Trinajstić information content (AvgIpc) is 2.88. The smallest absolute Gasteiger partial charge is 0.209 e. The molecule has 0 fully saturated rings. The fourth-order valence-corrected chi connectivity index (χ4v) is 2.93. The summed E-state index contributed by atoms with van der Waals surface area (Å²) < 4.78 is 10.2. The summed E-state index contributed by atoms with van der Waals surface area (Å²) in [7, 11) is 2.85. The quantitative estimate of drug-likeness (QED) is 0.153. The standard InChI is InChI=1S/C27H24N2O6/c1-34-25-16-18(8-12-21(25)30)10-14-23(32)27(29-28-20-6-4-3-5-7-20)24(33)15-11-19-9-13-22(31)26(17-19)35-2/h3-17,30-32H,1-2H3/b14-10+,15-11+,27-23?,29-28?. The van der Waals surface area contributed by atoms with E-state index in [2.05, 4.69) is 10.2 Å². The molecule has 8 heteroatoms. The second-order valence-electron chi connectivity index (χ2n) is 7.16. The molecular formula is C27H24N2O6. The third-order valence-electron chi connectivity index (χ3n) is 4.77. The molecule has 8 nitrogen and oxygen atoms in total. The molecule has 0 saturated carbocycles. The van der Waals surface area contributed by atoms with Gasteiger partial charge in [-0.2, -0.15) is 5.11 Å². The molecule has 0 aliphatic heterocycles. The van der Waals surface area contributed by atoms with Crippen LogP contribution < -0.4 is 9.47 Å². The lowest BCUT2D eigenvalue weighted by Crippen LogP contribution is -1.99. The zero-order chi connectivity index (χ0) is 25.2. The summed E-state index contributed by atoms with van der Waals surface area (Å²) >= 11 is 0. The zero-order valence-electron chi connectivity index (χ0n) is 19.1. The topological polar surface area (TPSA) is 121 Å². The van der Waals surface area contributed by atoms with E-state index in [1.54, 1.807) is 48.5 Å². The zero-order valence-corrected chi connectivity index (χ0v) is 19.1. The number of aromatic hydroxyl groups is 2. The molecule has 3 N–H and O–H groups in total. The number of carbonyl (C=O) groups is 1. The van der Waals surface area contributed by atoms with Crippen molar-refractivity contribution in [2.24, 2.45) is 10.2 Å². The van der Waals surface area contributed by atoms with Crippen LogP contribution in [0.25, 0.3) is 12.2 Å². The molecule has 35 heavy (non-hydrogen) atoms. The Bertz CT molecular complexity index is 1310. The van der Waals surface area contributed by atoms with Crippen molar-refractivity contribution in [1.82, 2.24) is 0 Å². The predicted octanol–water partition coefficient (Wildman–Crippen LogP) is 5.96. The molecule has 0 heterocycles. The van der Waals surface area contributed by atoms with Gasteiger partial charge in [0, 0.05) is 0 Å². The highest BCUT2D eigenvalue weighted by molar-refractivity contribution is 6.06. The molecule has 0 spiro atoms. The van der Waals surface area contributed by atoms with Crippen LogP contribution >= 0.6 is 0 Å². The molecular weight excluding hydrogens is 448 g/mol. The summed E-state index contributed by atoms with van der Waals surface area (Å²) in [4.78, 5) is 12.9. The lowest BCUT2D eigenvalue weighted by atomic mass is 10.1. The van der Waals surface area contributed by atoms with Crippen LogP contribution in [0.3, 0.4) is 0 Å². The molecule has 0 aromatic heterocycles. The van der Waals surface area contributed by atoms with Gasteiger partial charge in [-0.1, -0.05) is 42.5 Å². The number of rotatable bonds is 9. The van der Waals surface area contributed by atoms with Gasteiger partial charge >= 0.3 is 0 Å². The Labute approximate surface area is 202 Å². The Hall–Kier alpha value is -4.85. The van der Waals surface area contributed by atoms with Gasteiger partial charge in [0.25, 0.3) is 0 Å². The van der Waals surface area contributed by atoms with E-state index < -0.39 is 11.5 Å². The van der Waals surface area contributed by atoms with Crippen molar-refractivity contribution in [3.63, 3.8) is 0 Å². The van der Waals surface area contributed by atoms with Crippen LogP contribution in [0.15, 0.2) is 101 Å². The first-order valence-electron chi connectivity index (χ1n) is 10.5. The fourth-order valence-electron chi connectivity index (χ4n) is 2.93. The number of ether oxygens (including phenoxy) is 2. The summed E-state index contributed by atoms with van der Waals surface area (Å²) in [6.07, 6.45) is 5.58. The van der Waals surface area contributed by atoms with E-state index in [9.17, 15) is 20.1 Å². The van der Waals surface area contributed by atoms with Gasteiger partial charge in [0.1, 0.15) is 5.76 Å². The van der Waals surface area contributed by atoms with E-state index in [0.29, 0.717) is 16.8 Å². The number of hydrogen-bond acceptors (Lipinski definition) is 8. The summed E-state index contributed by atoms with van der Waals surface area (Å²) in [5, 5.41) is 38.2. The van der Waals surface area contributed by atoms with Gasteiger partial charge in [-0.05, 0) is 59.7 Å². The lowest BCUT2D eigenvalue weighted by molar-refractivity contribution is -0.111. The molecule has 178 valence electrons. The Kier molecular flexibility index (Phi) is 8.39. The number of nitrogens with zero attached hydrogens (tertiary/aromatic N) is 2. The minimum Gasteiger partial charge on any atom is -0.505 e. The van der Waals surface area contributed by atoms with E-state index in [-0.39, 0.29) is 28.7 Å². The van der Waals surface area contributed by atoms with Crippen molar-refractivity contribution < 1.29 is 29.6 Å². The first-order chi connectivity index (χ1) is 16.9. The number of methoxy groups -OCH3 is 2. The van der Waals surface area contributed by atoms with E-state index in [1.165, 1.54) is 50.7 Å². The lowest BCUT2D eigenvalue weighted by Gasteiger charge is -2.04. The van der Waals surface area contributed by atoms with Crippen molar-refractivity contribution in [2.75, 3.05) is 14.2 Å². The molecule has 0 aliphatic rings. The molecule has 0 bridgehead atoms. The van der Waals surface area contributed by atoms with Crippen molar-refractivity contribution >= 4 is 23.6 Å². The number of carbonyl (C=O) groups excluding carboxylic acids is 1. The van der Waals surface area contributed by atoms with Crippen LogP contribution in [-0.2, 0) is 4.79 Å². The maximum absolute atomic E-state index is 12.9. The number of ketones is 1. The molecule has 3 aromatic carbocycles. The van der Waals surface area contributed by atoms with Gasteiger partial charge in [-0.3, -0.25) is 4.79 Å². The number of aliphatic hydroxyl groups is 1. The largest absolute Gasteiger partial charge is 0.505 e. The van der Waals surface area contributed by atoms with Gasteiger partial charge < -0.3 is 24.8 Å². The highest BCUT2D eigenvalue weighted by Crippen LogP contribution is 2.28. The number of hydrogen-bond donors (Lipinski definition) is 3. The number of allylic oxidation sites excluding steroid dienone is 2. The number of aliphatic hydroxyl groups excluding tert-OH is 1. The normalized spacial score (nSPS) is 12.3. The minimum absolute atomic E-state index is 0.0204. The predicted molar refractivity (Wildman–Crippen MR) is 133 cm³/mol. The first-order valence-corrected chi connectivity index (χ1v) is 10.5. The summed E-state index contributed by atoms with van der Waals surface area (Å²) in [6, 6.07) is 18.0. The van der Waals surface area contributed by atoms with E-state index >= 15 is 0 Å². The average molecular weight is 472 g/mol. The Morgan fingerprint density at radius 2 is 1.34 bits per heavy atom. The van der Waals surface area contributed by atoms with Gasteiger partial charge in [-0.25, -0.2) is 0 Å².